The Bertz CT molecular complexity index is 38.8. The summed E-state index contributed by atoms with van der Waals surface area (Å²) in [5.74, 6) is 0.574. The second-order valence-corrected chi connectivity index (χ2v) is 1.63. The van der Waals surface area contributed by atoms with Crippen LogP contribution in [0.5, 0.6) is 0 Å². The van der Waals surface area contributed by atoms with Crippen LogP contribution in [0.15, 0.2) is 0 Å². The average molecular weight is 85.1 g/mol. The molecule has 1 fully saturated rings. The molecule has 1 aliphatic rings. The molecule has 2 nitrogen and oxygen atoms in total. The van der Waals surface area contributed by atoms with E-state index in [2.05, 4.69) is 17.8 Å². The normalized spacial score (nSPS) is 25.5. The van der Waals surface area contributed by atoms with Crippen LogP contribution in [-0.2, 0) is 0 Å². The summed E-state index contributed by atoms with van der Waals surface area (Å²) >= 11 is 0. The maximum atomic E-state index is 3.81. The summed E-state index contributed by atoms with van der Waals surface area (Å²) in [5.41, 5.74) is 5.92. The third kappa shape index (κ3) is 0.698. The van der Waals surface area contributed by atoms with E-state index in [1.165, 1.54) is 0 Å². The number of rotatable bonds is 0. The van der Waals surface area contributed by atoms with Crippen LogP contribution in [0.4, 0.5) is 0 Å². The maximum Gasteiger partial charge on any atom is 0.0141 e. The Kier molecular flexibility index (Phi) is 1.08. The molecular weight excluding hydrogens is 76.1 g/mol. The Morgan fingerprint density at radius 2 is 1.83 bits per heavy atom. The molecule has 2 N–H and O–H groups in total. The smallest absolute Gasteiger partial charge is 0.0141 e. The van der Waals surface area contributed by atoms with Gasteiger partial charge in [-0.2, -0.15) is 0 Å². The lowest BCUT2D eigenvalue weighted by Crippen LogP contribution is -2.21. The summed E-state index contributed by atoms with van der Waals surface area (Å²) in [6.45, 7) is 5.84. The van der Waals surface area contributed by atoms with Crippen LogP contribution in [0.2, 0.25) is 0 Å². The van der Waals surface area contributed by atoms with Crippen molar-refractivity contribution < 1.29 is 0 Å². The predicted molar refractivity (Wildman–Crippen MR) is 24.9 cm³/mol. The lowest BCUT2D eigenvalue weighted by atomic mass is 10.2. The van der Waals surface area contributed by atoms with Crippen molar-refractivity contribution in [3.63, 3.8) is 0 Å². The molecule has 6 heavy (non-hydrogen) atoms. The minimum Gasteiger partial charge on any atom is -0.258 e. The predicted octanol–water partition coefficient (Wildman–Crippen LogP) is -0.456. The summed E-state index contributed by atoms with van der Waals surface area (Å²) in [7, 11) is 0. The van der Waals surface area contributed by atoms with Gasteiger partial charge in [-0.25, -0.2) is 0 Å². The standard InChI is InChI=1S/C4H9N2/c1-4-2-5-6-3-4/h4-6H,1-3H2. The highest BCUT2D eigenvalue weighted by Gasteiger charge is 2.05. The fourth-order valence-electron chi connectivity index (χ4n) is 0.505. The van der Waals surface area contributed by atoms with Gasteiger partial charge in [-0.15, -0.1) is 0 Å². The van der Waals surface area contributed by atoms with E-state index in [-0.39, 0.29) is 0 Å². The number of hydrogen-bond donors (Lipinski definition) is 2. The van der Waals surface area contributed by atoms with Crippen LogP contribution in [0.1, 0.15) is 0 Å². The van der Waals surface area contributed by atoms with Crippen molar-refractivity contribution >= 4 is 0 Å². The van der Waals surface area contributed by atoms with Crippen LogP contribution < -0.4 is 10.9 Å². The minimum absolute atomic E-state index is 0.574. The van der Waals surface area contributed by atoms with Crippen LogP contribution in [0, 0.1) is 12.8 Å². The fraction of sp³-hybridized carbons (Fsp3) is 0.750. The van der Waals surface area contributed by atoms with Crippen molar-refractivity contribution in [1.82, 2.24) is 10.9 Å². The van der Waals surface area contributed by atoms with Gasteiger partial charge in [0.05, 0.1) is 0 Å². The quantitative estimate of drug-likeness (QED) is 0.416. The lowest BCUT2D eigenvalue weighted by Gasteiger charge is -1.88. The van der Waals surface area contributed by atoms with Gasteiger partial charge in [0.2, 0.25) is 0 Å². The van der Waals surface area contributed by atoms with Gasteiger partial charge in [0, 0.05) is 13.1 Å². The highest BCUT2D eigenvalue weighted by atomic mass is 15.4. The molecule has 35 valence electrons. The first-order chi connectivity index (χ1) is 2.89. The van der Waals surface area contributed by atoms with Crippen LogP contribution in [0.25, 0.3) is 0 Å². The Morgan fingerprint density at radius 1 is 1.33 bits per heavy atom. The van der Waals surface area contributed by atoms with Gasteiger partial charge in [-0.05, 0) is 12.8 Å². The van der Waals surface area contributed by atoms with E-state index in [1.54, 1.807) is 0 Å². The van der Waals surface area contributed by atoms with E-state index in [1.807, 2.05) is 0 Å². The molecule has 0 spiro atoms. The molecule has 0 aromatic carbocycles. The zero-order valence-corrected chi connectivity index (χ0v) is 3.70. The van der Waals surface area contributed by atoms with Crippen molar-refractivity contribution in [2.75, 3.05) is 13.1 Å². The Morgan fingerprint density at radius 3 is 2.00 bits per heavy atom. The Labute approximate surface area is 37.9 Å². The van der Waals surface area contributed by atoms with Crippen LogP contribution in [0.3, 0.4) is 0 Å². The van der Waals surface area contributed by atoms with Crippen molar-refractivity contribution in [3.05, 3.63) is 6.92 Å². The van der Waals surface area contributed by atoms with Crippen molar-refractivity contribution in [2.45, 2.75) is 0 Å². The Balaban J connectivity index is 2.18. The monoisotopic (exact) mass is 85.1 g/mol. The van der Waals surface area contributed by atoms with Gasteiger partial charge in [-0.3, -0.25) is 10.9 Å². The number of hydrogen-bond acceptors (Lipinski definition) is 2. The molecule has 1 heterocycles. The first-order valence-corrected chi connectivity index (χ1v) is 2.18. The summed E-state index contributed by atoms with van der Waals surface area (Å²) in [6, 6.07) is 0. The molecule has 0 atom stereocenters. The molecule has 1 rings (SSSR count). The van der Waals surface area contributed by atoms with E-state index in [9.17, 15) is 0 Å². The highest BCUT2D eigenvalue weighted by Crippen LogP contribution is 1.90. The van der Waals surface area contributed by atoms with Gasteiger partial charge in [-0.1, -0.05) is 0 Å². The third-order valence-corrected chi connectivity index (χ3v) is 0.906. The fourth-order valence-corrected chi connectivity index (χ4v) is 0.505. The summed E-state index contributed by atoms with van der Waals surface area (Å²) in [6.07, 6.45) is 0. The summed E-state index contributed by atoms with van der Waals surface area (Å²) in [4.78, 5) is 0. The molecular formula is C4H9N2. The molecule has 0 aromatic heterocycles. The molecule has 2 heteroatoms. The zero-order valence-electron chi connectivity index (χ0n) is 3.70. The molecule has 0 saturated carbocycles. The van der Waals surface area contributed by atoms with E-state index in [0.29, 0.717) is 5.92 Å². The van der Waals surface area contributed by atoms with Gasteiger partial charge in [0.25, 0.3) is 0 Å². The SMILES string of the molecule is [CH2]C1CNNC1. The number of hydrazine groups is 1. The number of nitrogens with one attached hydrogen (secondary N) is 2. The topological polar surface area (TPSA) is 24.1 Å². The van der Waals surface area contributed by atoms with Crippen molar-refractivity contribution in [2.24, 2.45) is 5.92 Å². The zero-order chi connectivity index (χ0) is 4.41. The first kappa shape index (κ1) is 4.09. The molecule has 0 aromatic rings. The molecule has 0 amide bonds. The second kappa shape index (κ2) is 1.58. The molecule has 0 bridgehead atoms. The molecule has 1 radical (unpaired) electrons. The average Bonchev–Trinajstić information content (AvgIpc) is 1.86. The maximum absolute atomic E-state index is 3.81. The van der Waals surface area contributed by atoms with Gasteiger partial charge >= 0.3 is 0 Å². The van der Waals surface area contributed by atoms with E-state index in [4.69, 9.17) is 0 Å². The highest BCUT2D eigenvalue weighted by molar-refractivity contribution is 4.69. The van der Waals surface area contributed by atoms with E-state index in [0.717, 1.165) is 13.1 Å². The van der Waals surface area contributed by atoms with E-state index < -0.39 is 0 Å². The Hall–Kier alpha value is -0.0800. The first-order valence-electron chi connectivity index (χ1n) is 2.18. The summed E-state index contributed by atoms with van der Waals surface area (Å²) in [5, 5.41) is 0. The van der Waals surface area contributed by atoms with Gasteiger partial charge < -0.3 is 0 Å². The van der Waals surface area contributed by atoms with Crippen LogP contribution >= 0.6 is 0 Å². The molecule has 0 aliphatic carbocycles. The van der Waals surface area contributed by atoms with Crippen LogP contribution in [-0.4, -0.2) is 13.1 Å². The van der Waals surface area contributed by atoms with E-state index >= 15 is 0 Å². The largest absolute Gasteiger partial charge is 0.258 e. The van der Waals surface area contributed by atoms with Gasteiger partial charge in [0.1, 0.15) is 0 Å². The van der Waals surface area contributed by atoms with Crippen molar-refractivity contribution in [3.8, 4) is 0 Å². The summed E-state index contributed by atoms with van der Waals surface area (Å²) < 4.78 is 0. The van der Waals surface area contributed by atoms with Gasteiger partial charge in [0.15, 0.2) is 0 Å². The third-order valence-electron chi connectivity index (χ3n) is 0.906. The molecule has 0 unspecified atom stereocenters. The van der Waals surface area contributed by atoms with Crippen molar-refractivity contribution in [1.29, 1.82) is 0 Å². The molecule has 1 aliphatic heterocycles. The second-order valence-electron chi connectivity index (χ2n) is 1.63. The lowest BCUT2D eigenvalue weighted by molar-refractivity contribution is 0.689. The molecule has 1 saturated heterocycles. The minimum atomic E-state index is 0.574.